The van der Waals surface area contributed by atoms with Gasteiger partial charge in [0.05, 0.1) is 12.2 Å². The van der Waals surface area contributed by atoms with Crippen molar-refractivity contribution >= 4 is 5.57 Å². The number of hydrogen-bond acceptors (Lipinski definition) is 2. The fourth-order valence-corrected chi connectivity index (χ4v) is 4.28. The largest absolute Gasteiger partial charge is 0.491 e. The summed E-state index contributed by atoms with van der Waals surface area (Å²) in [5.74, 6) is -1.90. The number of rotatable bonds is 6. The molecule has 1 unspecified atom stereocenters. The number of ether oxygens (including phenoxy) is 2. The number of allylic oxidation sites excluding steroid dienone is 1. The molecule has 4 heteroatoms. The van der Waals surface area contributed by atoms with Gasteiger partial charge in [-0.05, 0) is 60.6 Å². The summed E-state index contributed by atoms with van der Waals surface area (Å²) in [5, 5.41) is 0. The van der Waals surface area contributed by atoms with Crippen molar-refractivity contribution in [1.29, 1.82) is 0 Å². The maximum atomic E-state index is 14.5. The van der Waals surface area contributed by atoms with E-state index in [9.17, 15) is 8.78 Å². The first kappa shape index (κ1) is 21.3. The molecule has 0 saturated carbocycles. The van der Waals surface area contributed by atoms with Gasteiger partial charge in [-0.25, -0.2) is 4.39 Å². The van der Waals surface area contributed by atoms with Crippen molar-refractivity contribution in [2.45, 2.75) is 31.8 Å². The summed E-state index contributed by atoms with van der Waals surface area (Å²) in [6.45, 7) is 2.02. The van der Waals surface area contributed by atoms with Gasteiger partial charge in [-0.2, -0.15) is 4.39 Å². The van der Waals surface area contributed by atoms with Crippen molar-refractivity contribution in [2.75, 3.05) is 13.7 Å². The van der Waals surface area contributed by atoms with Crippen LogP contribution in [0.3, 0.4) is 0 Å². The molecular formula is C27H26F2O2. The fourth-order valence-electron chi connectivity index (χ4n) is 4.28. The van der Waals surface area contributed by atoms with Gasteiger partial charge < -0.3 is 9.47 Å². The molecule has 0 radical (unpaired) electrons. The van der Waals surface area contributed by atoms with Crippen LogP contribution in [-0.4, -0.2) is 13.7 Å². The Kier molecular flexibility index (Phi) is 6.19. The third-order valence-electron chi connectivity index (χ3n) is 6.08. The van der Waals surface area contributed by atoms with E-state index >= 15 is 0 Å². The molecule has 0 N–H and O–H groups in total. The predicted octanol–water partition coefficient (Wildman–Crippen LogP) is 7.14. The van der Waals surface area contributed by atoms with E-state index in [1.165, 1.54) is 17.2 Å². The number of halogens is 2. The summed E-state index contributed by atoms with van der Waals surface area (Å²) >= 11 is 0. The molecule has 0 spiro atoms. The molecule has 3 aromatic carbocycles. The molecule has 1 aliphatic carbocycles. The average molecular weight is 420 g/mol. The zero-order valence-corrected chi connectivity index (χ0v) is 17.8. The molecule has 160 valence electrons. The maximum absolute atomic E-state index is 14.5. The molecule has 0 aromatic heterocycles. The first-order valence-corrected chi connectivity index (χ1v) is 10.6. The minimum atomic E-state index is -0.949. The van der Waals surface area contributed by atoms with Crippen molar-refractivity contribution in [3.63, 3.8) is 0 Å². The molecular weight excluding hydrogens is 394 g/mol. The van der Waals surface area contributed by atoms with Gasteiger partial charge in [-0.1, -0.05) is 60.7 Å². The summed E-state index contributed by atoms with van der Waals surface area (Å²) in [6, 6.07) is 21.0. The van der Waals surface area contributed by atoms with Crippen LogP contribution in [0.1, 0.15) is 37.3 Å². The molecule has 2 nitrogen and oxygen atoms in total. The second kappa shape index (κ2) is 9.03. The predicted molar refractivity (Wildman–Crippen MR) is 120 cm³/mol. The molecule has 31 heavy (non-hydrogen) atoms. The van der Waals surface area contributed by atoms with E-state index in [-0.39, 0.29) is 23.5 Å². The Balaban J connectivity index is 1.56. The lowest BCUT2D eigenvalue weighted by Crippen LogP contribution is -2.30. The van der Waals surface area contributed by atoms with Crippen LogP contribution < -0.4 is 4.74 Å². The van der Waals surface area contributed by atoms with Crippen molar-refractivity contribution in [2.24, 2.45) is 0 Å². The molecule has 0 fully saturated rings. The summed E-state index contributed by atoms with van der Waals surface area (Å²) in [7, 11) is 1.77. The summed E-state index contributed by atoms with van der Waals surface area (Å²) in [4.78, 5) is 0. The zero-order valence-electron chi connectivity index (χ0n) is 17.8. The number of benzene rings is 3. The van der Waals surface area contributed by atoms with E-state index in [1.54, 1.807) is 20.1 Å². The Bertz CT molecular complexity index is 1070. The quantitative estimate of drug-likeness (QED) is 0.422. The second-order valence-corrected chi connectivity index (χ2v) is 7.75. The third-order valence-corrected chi connectivity index (χ3v) is 6.08. The molecule has 0 heterocycles. The smallest absolute Gasteiger partial charge is 0.201 e. The van der Waals surface area contributed by atoms with Crippen LogP contribution in [0.5, 0.6) is 5.75 Å². The van der Waals surface area contributed by atoms with Crippen LogP contribution in [0.15, 0.2) is 72.8 Å². The monoisotopic (exact) mass is 420 g/mol. The standard InChI is InChI=1S/C27H26F2O2/c1-3-31-24-14-13-23(25(28)26(24)29)21-11-9-19(10-12-21)20-15-17-27(30-2,18-16-20)22-7-5-4-6-8-22/h4-15H,3,16-18H2,1-2H3. The lowest BCUT2D eigenvalue weighted by molar-refractivity contribution is -0.0213. The number of hydrogen-bond donors (Lipinski definition) is 0. The second-order valence-electron chi connectivity index (χ2n) is 7.75. The highest BCUT2D eigenvalue weighted by molar-refractivity contribution is 5.72. The van der Waals surface area contributed by atoms with Crippen LogP contribution >= 0.6 is 0 Å². The zero-order chi connectivity index (χ0) is 21.8. The summed E-state index contributed by atoms with van der Waals surface area (Å²) in [5.41, 5.74) is 4.09. The first-order valence-electron chi connectivity index (χ1n) is 10.6. The third kappa shape index (κ3) is 4.13. The van der Waals surface area contributed by atoms with Gasteiger partial charge in [0, 0.05) is 12.7 Å². The van der Waals surface area contributed by atoms with Crippen LogP contribution in [0.2, 0.25) is 0 Å². The summed E-state index contributed by atoms with van der Waals surface area (Å²) in [6.07, 6.45) is 4.80. The van der Waals surface area contributed by atoms with Gasteiger partial charge in [0.25, 0.3) is 0 Å². The van der Waals surface area contributed by atoms with E-state index in [0.717, 1.165) is 24.8 Å². The van der Waals surface area contributed by atoms with Gasteiger partial charge in [-0.15, -0.1) is 0 Å². The molecule has 0 bridgehead atoms. The number of methoxy groups -OCH3 is 1. The maximum Gasteiger partial charge on any atom is 0.201 e. The first-order chi connectivity index (χ1) is 15.1. The van der Waals surface area contributed by atoms with Crippen molar-refractivity contribution in [1.82, 2.24) is 0 Å². The van der Waals surface area contributed by atoms with Crippen molar-refractivity contribution in [3.05, 3.63) is 95.6 Å². The van der Waals surface area contributed by atoms with E-state index < -0.39 is 11.6 Å². The Labute approximate surface area is 182 Å². The van der Waals surface area contributed by atoms with E-state index in [4.69, 9.17) is 9.47 Å². The van der Waals surface area contributed by atoms with Gasteiger partial charge in [0.2, 0.25) is 5.82 Å². The Morgan fingerprint density at radius 3 is 2.19 bits per heavy atom. The van der Waals surface area contributed by atoms with Crippen LogP contribution in [0, 0.1) is 11.6 Å². The molecule has 1 atom stereocenters. The molecule has 1 aliphatic rings. The minimum absolute atomic E-state index is 0.0622. The molecule has 0 amide bonds. The van der Waals surface area contributed by atoms with Crippen LogP contribution in [0.25, 0.3) is 16.7 Å². The van der Waals surface area contributed by atoms with E-state index in [0.29, 0.717) is 5.56 Å². The van der Waals surface area contributed by atoms with Crippen LogP contribution in [0.4, 0.5) is 8.78 Å². The summed E-state index contributed by atoms with van der Waals surface area (Å²) < 4.78 is 39.8. The fraction of sp³-hybridized carbons (Fsp3) is 0.259. The van der Waals surface area contributed by atoms with E-state index in [2.05, 4.69) is 18.2 Å². The normalized spacial score (nSPS) is 18.5. The van der Waals surface area contributed by atoms with Gasteiger partial charge >= 0.3 is 0 Å². The van der Waals surface area contributed by atoms with Gasteiger partial charge in [0.1, 0.15) is 0 Å². The van der Waals surface area contributed by atoms with Crippen molar-refractivity contribution in [3.8, 4) is 16.9 Å². The molecule has 4 rings (SSSR count). The minimum Gasteiger partial charge on any atom is -0.491 e. The van der Waals surface area contributed by atoms with Gasteiger partial charge in [-0.3, -0.25) is 0 Å². The molecule has 3 aromatic rings. The highest BCUT2D eigenvalue weighted by atomic mass is 19.2. The van der Waals surface area contributed by atoms with E-state index in [1.807, 2.05) is 42.5 Å². The SMILES string of the molecule is CCOc1ccc(-c2ccc(C3=CCC(OC)(c4ccccc4)CC3)cc2)c(F)c1F. The average Bonchev–Trinajstić information content (AvgIpc) is 2.83. The van der Waals surface area contributed by atoms with Gasteiger partial charge in [0.15, 0.2) is 11.6 Å². The Morgan fingerprint density at radius 1 is 0.871 bits per heavy atom. The lowest BCUT2D eigenvalue weighted by atomic mass is 9.78. The Morgan fingerprint density at radius 2 is 1.58 bits per heavy atom. The topological polar surface area (TPSA) is 18.5 Å². The Hall–Kier alpha value is -2.98. The van der Waals surface area contributed by atoms with Crippen molar-refractivity contribution < 1.29 is 18.3 Å². The molecule has 0 aliphatic heterocycles. The highest BCUT2D eigenvalue weighted by Gasteiger charge is 2.33. The molecule has 0 saturated heterocycles. The highest BCUT2D eigenvalue weighted by Crippen LogP contribution is 2.42. The lowest BCUT2D eigenvalue weighted by Gasteiger charge is -2.36. The van der Waals surface area contributed by atoms with Crippen LogP contribution in [-0.2, 0) is 10.3 Å².